The maximum absolute atomic E-state index is 6.08. The van der Waals surface area contributed by atoms with Gasteiger partial charge in [0.2, 0.25) is 0 Å². The van der Waals surface area contributed by atoms with Crippen molar-refractivity contribution >= 4 is 38.9 Å². The van der Waals surface area contributed by atoms with E-state index in [1.807, 2.05) is 0 Å². The van der Waals surface area contributed by atoms with Gasteiger partial charge in [0, 0.05) is 45.9 Å². The molecule has 2 heterocycles. The molecule has 1 N–H and O–H groups in total. The molecule has 1 saturated heterocycles. The first-order valence-corrected chi connectivity index (χ1v) is 7.56. The van der Waals surface area contributed by atoms with Gasteiger partial charge in [-0.25, -0.2) is 0 Å². The first-order valence-electron chi connectivity index (χ1n) is 5.36. The zero-order valence-corrected chi connectivity index (χ0v) is 12.1. The number of halogens is 2. The Balaban J connectivity index is 1.91. The maximum atomic E-state index is 6.08. The van der Waals surface area contributed by atoms with Crippen LogP contribution in [0.1, 0.15) is 17.7 Å². The van der Waals surface area contributed by atoms with Crippen LogP contribution in [0.2, 0.25) is 0 Å². The summed E-state index contributed by atoms with van der Waals surface area (Å²) in [5.74, 6) is 0.656. The minimum absolute atomic E-state index is 0.0657. The molecule has 5 heteroatoms. The Kier molecular flexibility index (Phi) is 4.67. The Morgan fingerprint density at radius 1 is 1.50 bits per heavy atom. The molecular formula is C11H15BrClNOS. The molecule has 2 nitrogen and oxygen atoms in total. The van der Waals surface area contributed by atoms with E-state index in [2.05, 4.69) is 32.7 Å². The van der Waals surface area contributed by atoms with Gasteiger partial charge in [0.05, 0.1) is 0 Å². The van der Waals surface area contributed by atoms with Crippen LogP contribution in [0.25, 0.3) is 0 Å². The molecule has 0 atom stereocenters. The fourth-order valence-corrected chi connectivity index (χ4v) is 3.59. The molecule has 1 aromatic heterocycles. The summed E-state index contributed by atoms with van der Waals surface area (Å²) in [6.07, 6.45) is 2.01. The highest BCUT2D eigenvalue weighted by atomic mass is 79.9. The Morgan fingerprint density at radius 2 is 2.25 bits per heavy atom. The fourth-order valence-electron chi connectivity index (χ4n) is 1.84. The Hall–Kier alpha value is 0.390. The van der Waals surface area contributed by atoms with Crippen LogP contribution in [0, 0.1) is 0 Å². The molecule has 1 aromatic rings. The lowest BCUT2D eigenvalue weighted by Gasteiger charge is -2.36. The van der Waals surface area contributed by atoms with Crippen LogP contribution < -0.4 is 5.32 Å². The van der Waals surface area contributed by atoms with Crippen LogP contribution in [-0.4, -0.2) is 24.6 Å². The lowest BCUT2D eigenvalue weighted by molar-refractivity contribution is 0.0460. The van der Waals surface area contributed by atoms with Gasteiger partial charge in [-0.15, -0.1) is 22.9 Å². The van der Waals surface area contributed by atoms with Crippen molar-refractivity contribution < 1.29 is 4.74 Å². The summed E-state index contributed by atoms with van der Waals surface area (Å²) in [4.78, 5) is 1.34. The highest BCUT2D eigenvalue weighted by Crippen LogP contribution is 2.25. The summed E-state index contributed by atoms with van der Waals surface area (Å²) in [6.45, 7) is 2.52. The van der Waals surface area contributed by atoms with Crippen LogP contribution in [-0.2, 0) is 11.3 Å². The molecule has 0 bridgehead atoms. The molecule has 0 spiro atoms. The van der Waals surface area contributed by atoms with Crippen molar-refractivity contribution in [3.05, 3.63) is 20.8 Å². The van der Waals surface area contributed by atoms with Gasteiger partial charge in [-0.05, 0) is 34.8 Å². The molecule has 1 aliphatic rings. The second-order valence-electron chi connectivity index (χ2n) is 4.11. The SMILES string of the molecule is ClCC1(NCc2cc(Br)cs2)CCOCC1. The molecule has 0 saturated carbocycles. The van der Waals surface area contributed by atoms with Crippen molar-refractivity contribution in [3.63, 3.8) is 0 Å². The maximum Gasteiger partial charge on any atom is 0.0484 e. The van der Waals surface area contributed by atoms with E-state index in [4.69, 9.17) is 16.3 Å². The predicted octanol–water partition coefficient (Wildman–Crippen LogP) is 3.39. The standard InChI is InChI=1S/C11H15BrClNOS/c12-9-5-10(16-7-9)6-14-11(8-13)1-3-15-4-2-11/h5,7,14H,1-4,6,8H2. The number of hydrogen-bond donors (Lipinski definition) is 1. The van der Waals surface area contributed by atoms with Crippen molar-refractivity contribution in [1.82, 2.24) is 5.32 Å². The predicted molar refractivity (Wildman–Crippen MR) is 72.4 cm³/mol. The largest absolute Gasteiger partial charge is 0.381 e. The minimum Gasteiger partial charge on any atom is -0.381 e. The lowest BCUT2D eigenvalue weighted by Crippen LogP contribution is -2.50. The van der Waals surface area contributed by atoms with E-state index in [1.165, 1.54) is 4.88 Å². The van der Waals surface area contributed by atoms with Crippen molar-refractivity contribution in [2.75, 3.05) is 19.1 Å². The zero-order chi connectivity index (χ0) is 11.4. The van der Waals surface area contributed by atoms with Gasteiger partial charge in [-0.3, -0.25) is 0 Å². The van der Waals surface area contributed by atoms with Crippen LogP contribution in [0.4, 0.5) is 0 Å². The average molecular weight is 325 g/mol. The number of rotatable bonds is 4. The Labute approximate surface area is 113 Å². The second-order valence-corrected chi connectivity index (χ2v) is 6.29. The van der Waals surface area contributed by atoms with E-state index < -0.39 is 0 Å². The van der Waals surface area contributed by atoms with Gasteiger partial charge in [0.25, 0.3) is 0 Å². The summed E-state index contributed by atoms with van der Waals surface area (Å²) in [5.41, 5.74) is 0.0657. The van der Waals surface area contributed by atoms with E-state index >= 15 is 0 Å². The van der Waals surface area contributed by atoms with E-state index in [9.17, 15) is 0 Å². The van der Waals surface area contributed by atoms with Gasteiger partial charge in [-0.2, -0.15) is 0 Å². The van der Waals surface area contributed by atoms with Crippen LogP contribution in [0.5, 0.6) is 0 Å². The average Bonchev–Trinajstić information content (AvgIpc) is 2.74. The number of hydrogen-bond acceptors (Lipinski definition) is 3. The second kappa shape index (κ2) is 5.83. The highest BCUT2D eigenvalue weighted by molar-refractivity contribution is 9.10. The molecule has 90 valence electrons. The summed E-state index contributed by atoms with van der Waals surface area (Å²) >= 11 is 11.3. The van der Waals surface area contributed by atoms with Crippen molar-refractivity contribution in [3.8, 4) is 0 Å². The third-order valence-electron chi connectivity index (χ3n) is 2.97. The van der Waals surface area contributed by atoms with Crippen molar-refractivity contribution in [2.45, 2.75) is 24.9 Å². The molecule has 2 rings (SSSR count). The highest BCUT2D eigenvalue weighted by Gasteiger charge is 2.31. The molecular weight excluding hydrogens is 310 g/mol. The van der Waals surface area contributed by atoms with Gasteiger partial charge in [-0.1, -0.05) is 0 Å². The first kappa shape index (κ1) is 12.8. The van der Waals surface area contributed by atoms with Crippen LogP contribution >= 0.6 is 38.9 Å². The Bertz CT molecular complexity index is 338. The molecule has 16 heavy (non-hydrogen) atoms. The van der Waals surface area contributed by atoms with Crippen LogP contribution in [0.3, 0.4) is 0 Å². The van der Waals surface area contributed by atoms with Gasteiger partial charge < -0.3 is 10.1 Å². The summed E-state index contributed by atoms with van der Waals surface area (Å²) in [5, 5.41) is 5.70. The summed E-state index contributed by atoms with van der Waals surface area (Å²) < 4.78 is 6.53. The number of ether oxygens (including phenoxy) is 1. The van der Waals surface area contributed by atoms with Gasteiger partial charge >= 0.3 is 0 Å². The molecule has 0 aromatic carbocycles. The third-order valence-corrected chi connectivity index (χ3v) is 5.17. The van der Waals surface area contributed by atoms with E-state index in [0.29, 0.717) is 5.88 Å². The van der Waals surface area contributed by atoms with E-state index in [1.54, 1.807) is 11.3 Å². The summed E-state index contributed by atoms with van der Waals surface area (Å²) in [7, 11) is 0. The normalized spacial score (nSPS) is 19.9. The fraction of sp³-hybridized carbons (Fsp3) is 0.636. The topological polar surface area (TPSA) is 21.3 Å². The van der Waals surface area contributed by atoms with E-state index in [-0.39, 0.29) is 5.54 Å². The van der Waals surface area contributed by atoms with E-state index in [0.717, 1.165) is 37.1 Å². The van der Waals surface area contributed by atoms with Gasteiger partial charge in [0.1, 0.15) is 0 Å². The molecule has 0 aliphatic carbocycles. The van der Waals surface area contributed by atoms with Crippen molar-refractivity contribution in [1.29, 1.82) is 0 Å². The zero-order valence-electron chi connectivity index (χ0n) is 8.97. The van der Waals surface area contributed by atoms with Crippen LogP contribution in [0.15, 0.2) is 15.9 Å². The smallest absolute Gasteiger partial charge is 0.0484 e. The quantitative estimate of drug-likeness (QED) is 0.857. The molecule has 1 aliphatic heterocycles. The number of nitrogens with one attached hydrogen (secondary N) is 1. The van der Waals surface area contributed by atoms with Gasteiger partial charge in [0.15, 0.2) is 0 Å². The molecule has 1 fully saturated rings. The monoisotopic (exact) mass is 323 g/mol. The summed E-state index contributed by atoms with van der Waals surface area (Å²) in [6, 6.07) is 2.15. The third kappa shape index (κ3) is 3.20. The molecule has 0 unspecified atom stereocenters. The first-order chi connectivity index (χ1) is 7.74. The Morgan fingerprint density at radius 3 is 2.81 bits per heavy atom. The number of thiophene rings is 1. The minimum atomic E-state index is 0.0657. The van der Waals surface area contributed by atoms with Crippen molar-refractivity contribution in [2.24, 2.45) is 0 Å². The molecule has 0 amide bonds. The lowest BCUT2D eigenvalue weighted by atomic mass is 9.92. The number of alkyl halides is 1. The molecule has 0 radical (unpaired) electrons.